The van der Waals surface area contributed by atoms with Crippen molar-refractivity contribution in [1.29, 1.82) is 0 Å². The maximum absolute atomic E-state index is 13.6. The van der Waals surface area contributed by atoms with Gasteiger partial charge in [0.15, 0.2) is 5.96 Å². The second-order valence-electron chi connectivity index (χ2n) is 11.9. The molecule has 0 aromatic heterocycles. The Bertz CT molecular complexity index is 1140. The van der Waals surface area contributed by atoms with Crippen molar-refractivity contribution in [2.45, 2.75) is 102 Å². The summed E-state index contributed by atoms with van der Waals surface area (Å²) < 4.78 is 0. The second kappa shape index (κ2) is 20.6. The molecule has 0 aliphatic carbocycles. The number of nitrogens with two attached hydrogens (primary N) is 2. The first kappa shape index (κ1) is 38.6. The normalized spacial score (nSPS) is 16.0. The molecule has 10 N–H and O–H groups in total. The van der Waals surface area contributed by atoms with Crippen molar-refractivity contribution in [3.05, 3.63) is 35.9 Å². The third kappa shape index (κ3) is 14.3. The maximum Gasteiger partial charge on any atom is 0.370 e. The molecule has 1 fully saturated rings. The van der Waals surface area contributed by atoms with Gasteiger partial charge in [-0.1, -0.05) is 62.9 Å². The average Bonchev–Trinajstić information content (AvgIpc) is 3.50. The summed E-state index contributed by atoms with van der Waals surface area (Å²) in [6.45, 7) is 3.02. The second-order valence-corrected chi connectivity index (χ2v) is 14.7. The first-order valence-corrected chi connectivity index (χ1v) is 18.5. The quantitative estimate of drug-likeness (QED) is 0.0363. The van der Waals surface area contributed by atoms with Gasteiger partial charge in [0, 0.05) is 25.7 Å². The number of carbonyl (C=O) groups excluding carboxylic acids is 3. The summed E-state index contributed by atoms with van der Waals surface area (Å²) in [6.07, 6.45) is 6.11. The molecule has 1 aromatic rings. The van der Waals surface area contributed by atoms with Crippen molar-refractivity contribution in [3.8, 4) is 0 Å². The molecule has 1 heterocycles. The maximum atomic E-state index is 13.6. The van der Waals surface area contributed by atoms with Crippen LogP contribution >= 0.6 is 0 Å². The van der Waals surface area contributed by atoms with E-state index in [0.717, 1.165) is 31.2 Å². The highest BCUT2D eigenvalue weighted by Crippen LogP contribution is 2.21. The zero-order valence-electron chi connectivity index (χ0n) is 27.0. The van der Waals surface area contributed by atoms with Gasteiger partial charge in [0.05, 0.1) is 12.1 Å². The summed E-state index contributed by atoms with van der Waals surface area (Å²) >= 11 is 0. The van der Waals surface area contributed by atoms with Crippen LogP contribution in [-0.4, -0.2) is 101 Å². The predicted octanol–water partition coefficient (Wildman–Crippen LogP) is 0.173. The number of hydrogen-bond donors (Lipinski definition) is 8. The Morgan fingerprint density at radius 1 is 1.04 bits per heavy atom. The van der Waals surface area contributed by atoms with E-state index < -0.39 is 56.4 Å². The van der Waals surface area contributed by atoms with E-state index in [1.54, 1.807) is 0 Å². The fourth-order valence-corrected chi connectivity index (χ4v) is 7.33. The Kier molecular flexibility index (Phi) is 17.3. The van der Waals surface area contributed by atoms with Gasteiger partial charge in [-0.15, -0.1) is 0 Å². The van der Waals surface area contributed by atoms with Crippen molar-refractivity contribution in [2.24, 2.45) is 16.5 Å². The minimum absolute atomic E-state index is 0.0979. The van der Waals surface area contributed by atoms with Crippen LogP contribution in [-0.2, 0) is 25.6 Å². The Labute approximate surface area is 272 Å². The molecule has 1 aromatic carbocycles. The summed E-state index contributed by atoms with van der Waals surface area (Å²) in [7, 11) is -4.09. The monoisotopic (exact) mass is 663 g/mol. The summed E-state index contributed by atoms with van der Waals surface area (Å²) in [5.74, 6) is -2.98. The topological polar surface area (TPSA) is 233 Å². The molecule has 14 nitrogen and oxygen atoms in total. The fraction of sp³-hybridized carbons (Fsp3) is 0.645. The lowest BCUT2D eigenvalue weighted by Crippen LogP contribution is -2.65. The highest BCUT2D eigenvalue weighted by molar-refractivity contribution is 6.66. The van der Waals surface area contributed by atoms with Crippen LogP contribution in [0, 0.1) is 0 Å². The van der Waals surface area contributed by atoms with Gasteiger partial charge in [0.1, 0.15) is 12.1 Å². The Balaban J connectivity index is 2.08. The average molecular weight is 664 g/mol. The molecule has 0 bridgehead atoms. The van der Waals surface area contributed by atoms with Gasteiger partial charge < -0.3 is 47.0 Å². The van der Waals surface area contributed by atoms with Crippen LogP contribution in [0.25, 0.3) is 0 Å². The molecule has 0 unspecified atom stereocenters. The van der Waals surface area contributed by atoms with Crippen molar-refractivity contribution in [2.75, 3.05) is 25.8 Å². The van der Waals surface area contributed by atoms with E-state index in [2.05, 4.69) is 27.9 Å². The van der Waals surface area contributed by atoms with Crippen molar-refractivity contribution >= 4 is 38.2 Å². The minimum atomic E-state index is -4.09. The van der Waals surface area contributed by atoms with Crippen LogP contribution in [0.3, 0.4) is 0 Å². The SMILES string of the molecule is CCCCCCCC(=O)N[C@@H](CC(=O)O)C(=O)N1CCC[C@H]1C(=O)N[C@@H](CCCN=C(N)N)[Si](O)(O)CNCCc1ccccc1. The van der Waals surface area contributed by atoms with Gasteiger partial charge in [-0.25, -0.2) is 0 Å². The molecule has 0 saturated carbocycles. The first-order chi connectivity index (χ1) is 21.9. The molecular weight excluding hydrogens is 610 g/mol. The number of likely N-dealkylation sites (tertiary alicyclic amines) is 1. The number of nitrogens with one attached hydrogen (secondary N) is 3. The van der Waals surface area contributed by atoms with Crippen LogP contribution in [0.15, 0.2) is 35.3 Å². The summed E-state index contributed by atoms with van der Waals surface area (Å²) in [5.41, 5.74) is 10.9. The zero-order valence-corrected chi connectivity index (χ0v) is 28.0. The number of carboxylic acid groups (broad SMARTS) is 1. The predicted molar refractivity (Wildman–Crippen MR) is 177 cm³/mol. The zero-order chi connectivity index (χ0) is 34.0. The van der Waals surface area contributed by atoms with Gasteiger partial charge >= 0.3 is 14.5 Å². The molecule has 1 aliphatic rings. The molecular formula is C31H53N7O7Si. The molecule has 1 saturated heterocycles. The molecule has 3 amide bonds. The van der Waals surface area contributed by atoms with E-state index in [1.807, 2.05) is 30.3 Å². The number of rotatable bonds is 22. The third-order valence-electron chi connectivity index (χ3n) is 8.00. The summed E-state index contributed by atoms with van der Waals surface area (Å²) in [5, 5.41) is 17.9. The lowest BCUT2D eigenvalue weighted by atomic mass is 10.1. The largest absolute Gasteiger partial charge is 0.481 e. The van der Waals surface area contributed by atoms with Crippen LogP contribution in [0.2, 0.25) is 0 Å². The highest BCUT2D eigenvalue weighted by Gasteiger charge is 2.44. The molecule has 258 valence electrons. The number of aliphatic carboxylic acids is 1. The number of nitrogens with zero attached hydrogens (tertiary/aromatic N) is 2. The number of carboxylic acids is 1. The molecule has 3 atom stereocenters. The van der Waals surface area contributed by atoms with Crippen molar-refractivity contribution < 1.29 is 33.9 Å². The van der Waals surface area contributed by atoms with Gasteiger partial charge in [-0.3, -0.25) is 24.2 Å². The smallest absolute Gasteiger partial charge is 0.370 e. The number of aliphatic imine (C=N–C) groups is 1. The lowest BCUT2D eigenvalue weighted by Gasteiger charge is -2.33. The fourth-order valence-electron chi connectivity index (χ4n) is 5.50. The third-order valence-corrected chi connectivity index (χ3v) is 10.3. The number of benzene rings is 1. The molecule has 46 heavy (non-hydrogen) atoms. The van der Waals surface area contributed by atoms with E-state index in [9.17, 15) is 33.9 Å². The Morgan fingerprint density at radius 3 is 2.43 bits per heavy atom. The van der Waals surface area contributed by atoms with E-state index in [0.29, 0.717) is 38.6 Å². The van der Waals surface area contributed by atoms with Crippen LogP contribution in [0.4, 0.5) is 0 Å². The molecule has 1 aliphatic heterocycles. The van der Waals surface area contributed by atoms with Gasteiger partial charge in [-0.2, -0.15) is 0 Å². The Morgan fingerprint density at radius 2 is 1.76 bits per heavy atom. The van der Waals surface area contributed by atoms with Crippen molar-refractivity contribution in [3.63, 3.8) is 0 Å². The number of amides is 3. The van der Waals surface area contributed by atoms with Crippen molar-refractivity contribution in [1.82, 2.24) is 20.9 Å². The number of unbranched alkanes of at least 4 members (excludes halogenated alkanes) is 4. The lowest BCUT2D eigenvalue weighted by molar-refractivity contribution is -0.145. The van der Waals surface area contributed by atoms with Gasteiger partial charge in [-0.05, 0) is 50.6 Å². The number of hydrogen-bond acceptors (Lipinski definition) is 8. The highest BCUT2D eigenvalue weighted by atomic mass is 28.4. The van der Waals surface area contributed by atoms with Gasteiger partial charge in [0.25, 0.3) is 0 Å². The van der Waals surface area contributed by atoms with Crippen LogP contribution < -0.4 is 27.4 Å². The summed E-state index contributed by atoms with van der Waals surface area (Å²) in [6, 6.07) is 7.47. The van der Waals surface area contributed by atoms with E-state index in [1.165, 1.54) is 4.90 Å². The number of carbonyl (C=O) groups is 4. The Hall–Kier alpha value is -3.53. The molecule has 15 heteroatoms. The van der Waals surface area contributed by atoms with E-state index >= 15 is 0 Å². The summed E-state index contributed by atoms with van der Waals surface area (Å²) in [4.78, 5) is 78.9. The molecule has 0 radical (unpaired) electrons. The minimum Gasteiger partial charge on any atom is -0.481 e. The van der Waals surface area contributed by atoms with Gasteiger partial charge in [0.2, 0.25) is 17.7 Å². The van der Waals surface area contributed by atoms with Crippen LogP contribution in [0.1, 0.15) is 83.1 Å². The molecule has 2 rings (SSSR count). The first-order valence-electron chi connectivity index (χ1n) is 16.3. The van der Waals surface area contributed by atoms with Crippen LogP contribution in [0.5, 0.6) is 0 Å². The van der Waals surface area contributed by atoms with E-state index in [4.69, 9.17) is 11.5 Å². The molecule has 0 spiro atoms. The standard InChI is InChI=1S/C31H53N7O7Si/c1-2-3-4-5-9-15-26(39)36-24(21-28(40)41)30(43)38-20-11-14-25(38)29(42)37-27(16-10-18-35-31(32)33)46(44,45)22-34-19-17-23-12-7-6-8-13-23/h6-8,12-13,24-25,27,34,44-45H,2-5,9-11,14-22H2,1H3,(H,36,39)(H,37,42)(H,40,41)(H4,32,33,35)/t24-,25-,27+/m0/s1. The number of guanidine groups is 1. The van der Waals surface area contributed by atoms with E-state index in [-0.39, 0.29) is 38.1 Å².